The van der Waals surface area contributed by atoms with E-state index in [0.717, 1.165) is 16.8 Å². The van der Waals surface area contributed by atoms with Gasteiger partial charge in [0.1, 0.15) is 10.6 Å². The summed E-state index contributed by atoms with van der Waals surface area (Å²) in [7, 11) is -2.10. The third-order valence-electron chi connectivity index (χ3n) is 4.10. The molecule has 1 amide bonds. The van der Waals surface area contributed by atoms with Crippen LogP contribution in [-0.4, -0.2) is 28.0 Å². The second kappa shape index (κ2) is 6.40. The number of nitrogens with one attached hydrogen (secondary N) is 1. The van der Waals surface area contributed by atoms with E-state index in [1.54, 1.807) is 55.3 Å². The number of carbonyl (C=O) groups excluding carboxylic acids is 1. The molecule has 0 atom stereocenters. The first-order chi connectivity index (χ1) is 11.8. The first kappa shape index (κ1) is 17.3. The molecule has 0 saturated heterocycles. The summed E-state index contributed by atoms with van der Waals surface area (Å²) >= 11 is 0. The molecule has 1 N–H and O–H groups in total. The average molecular weight is 360 g/mol. The molecule has 0 unspecified atom stereocenters. The van der Waals surface area contributed by atoms with Crippen molar-refractivity contribution in [2.24, 2.45) is 0 Å². The number of fused-ring (bicyclic) bond motifs is 1. The smallest absolute Gasteiger partial charge is 0.265 e. The van der Waals surface area contributed by atoms with E-state index < -0.39 is 10.0 Å². The third kappa shape index (κ3) is 3.32. The number of hydrogen-bond donors (Lipinski definition) is 1. The number of ether oxygens (including phenoxy) is 1. The second-order valence-electron chi connectivity index (χ2n) is 5.96. The molecule has 1 heterocycles. The summed E-state index contributed by atoms with van der Waals surface area (Å²) < 4.78 is 33.6. The van der Waals surface area contributed by atoms with Crippen LogP contribution in [0.25, 0.3) is 0 Å². The van der Waals surface area contributed by atoms with Crippen molar-refractivity contribution in [3.8, 4) is 5.75 Å². The van der Waals surface area contributed by atoms with Crippen LogP contribution >= 0.6 is 0 Å². The van der Waals surface area contributed by atoms with Crippen LogP contribution in [0.2, 0.25) is 0 Å². The van der Waals surface area contributed by atoms with Crippen LogP contribution < -0.4 is 14.4 Å². The number of likely N-dealkylation sites (N-methyl/N-ethyl adjacent to an activating group) is 1. The van der Waals surface area contributed by atoms with Gasteiger partial charge in [0.15, 0.2) is 0 Å². The number of rotatable bonds is 5. The number of sulfonamides is 1. The van der Waals surface area contributed by atoms with E-state index in [0.29, 0.717) is 18.0 Å². The fourth-order valence-corrected chi connectivity index (χ4v) is 4.12. The molecular weight excluding hydrogens is 340 g/mol. The van der Waals surface area contributed by atoms with E-state index in [-0.39, 0.29) is 17.2 Å². The Morgan fingerprint density at radius 1 is 1.20 bits per heavy atom. The minimum atomic E-state index is -3.81. The van der Waals surface area contributed by atoms with Gasteiger partial charge in [-0.2, -0.15) is 0 Å². The van der Waals surface area contributed by atoms with E-state index in [9.17, 15) is 13.2 Å². The van der Waals surface area contributed by atoms with Crippen molar-refractivity contribution in [3.05, 3.63) is 47.5 Å². The monoisotopic (exact) mass is 360 g/mol. The first-order valence-corrected chi connectivity index (χ1v) is 9.46. The summed E-state index contributed by atoms with van der Waals surface area (Å²) in [6.45, 7) is 4.00. The highest BCUT2D eigenvalue weighted by atomic mass is 32.2. The van der Waals surface area contributed by atoms with Gasteiger partial charge in [0.25, 0.3) is 10.0 Å². The molecule has 0 spiro atoms. The molecule has 0 bridgehead atoms. The maximum Gasteiger partial charge on any atom is 0.265 e. The molecule has 0 aromatic heterocycles. The average Bonchev–Trinajstić information content (AvgIpc) is 2.83. The number of benzene rings is 2. The quantitative estimate of drug-likeness (QED) is 0.889. The highest BCUT2D eigenvalue weighted by Gasteiger charge is 2.25. The summed E-state index contributed by atoms with van der Waals surface area (Å²) in [5.74, 6) is 0.309. The largest absolute Gasteiger partial charge is 0.492 e. The SMILES string of the molecule is CCOc1ccc(C)cc1S(=O)(=O)Nc1ccc2c(c1)CC(=O)N2C. The minimum Gasteiger partial charge on any atom is -0.492 e. The van der Waals surface area contributed by atoms with Gasteiger partial charge in [-0.15, -0.1) is 0 Å². The Morgan fingerprint density at radius 3 is 2.68 bits per heavy atom. The number of anilines is 2. The topological polar surface area (TPSA) is 75.7 Å². The molecule has 1 aliphatic rings. The van der Waals surface area contributed by atoms with Crippen molar-refractivity contribution in [1.29, 1.82) is 0 Å². The van der Waals surface area contributed by atoms with Crippen LogP contribution in [0.3, 0.4) is 0 Å². The molecule has 2 aromatic rings. The molecule has 0 aliphatic carbocycles. The Kier molecular flexibility index (Phi) is 4.43. The molecule has 1 aliphatic heterocycles. The molecule has 0 radical (unpaired) electrons. The Labute approximate surface area is 147 Å². The molecule has 7 heteroatoms. The summed E-state index contributed by atoms with van der Waals surface area (Å²) in [4.78, 5) is 13.4. The Balaban J connectivity index is 1.94. The lowest BCUT2D eigenvalue weighted by Crippen LogP contribution is -2.20. The zero-order chi connectivity index (χ0) is 18.2. The van der Waals surface area contributed by atoms with Crippen molar-refractivity contribution >= 4 is 27.3 Å². The van der Waals surface area contributed by atoms with Gasteiger partial charge >= 0.3 is 0 Å². The van der Waals surface area contributed by atoms with Crippen LogP contribution in [0, 0.1) is 6.92 Å². The number of aryl methyl sites for hydroxylation is 1. The van der Waals surface area contributed by atoms with Crippen molar-refractivity contribution in [3.63, 3.8) is 0 Å². The molecule has 0 saturated carbocycles. The zero-order valence-corrected chi connectivity index (χ0v) is 15.2. The van der Waals surface area contributed by atoms with Gasteiger partial charge in [0.2, 0.25) is 5.91 Å². The number of nitrogens with zero attached hydrogens (tertiary/aromatic N) is 1. The molecule has 3 rings (SSSR count). The molecular formula is C18H20N2O4S. The summed E-state index contributed by atoms with van der Waals surface area (Å²) in [5.41, 5.74) is 2.86. The van der Waals surface area contributed by atoms with Crippen molar-refractivity contribution in [2.45, 2.75) is 25.2 Å². The van der Waals surface area contributed by atoms with E-state index in [1.165, 1.54) is 0 Å². The highest BCUT2D eigenvalue weighted by molar-refractivity contribution is 7.92. The van der Waals surface area contributed by atoms with Crippen LogP contribution in [0.5, 0.6) is 5.75 Å². The number of hydrogen-bond acceptors (Lipinski definition) is 4. The second-order valence-corrected chi connectivity index (χ2v) is 7.61. The lowest BCUT2D eigenvalue weighted by Gasteiger charge is -2.14. The van der Waals surface area contributed by atoms with Gasteiger partial charge in [0, 0.05) is 18.4 Å². The predicted molar refractivity (Wildman–Crippen MR) is 96.7 cm³/mol. The van der Waals surface area contributed by atoms with Gasteiger partial charge < -0.3 is 9.64 Å². The summed E-state index contributed by atoms with van der Waals surface area (Å²) in [5, 5.41) is 0. The summed E-state index contributed by atoms with van der Waals surface area (Å²) in [6, 6.07) is 10.1. The number of carbonyl (C=O) groups is 1. The fourth-order valence-electron chi connectivity index (χ4n) is 2.84. The number of amides is 1. The molecule has 132 valence electrons. The van der Waals surface area contributed by atoms with Gasteiger partial charge in [-0.1, -0.05) is 6.07 Å². The third-order valence-corrected chi connectivity index (χ3v) is 5.50. The van der Waals surface area contributed by atoms with E-state index in [2.05, 4.69) is 4.72 Å². The van der Waals surface area contributed by atoms with Crippen LogP contribution in [0.1, 0.15) is 18.1 Å². The van der Waals surface area contributed by atoms with E-state index >= 15 is 0 Å². The highest BCUT2D eigenvalue weighted by Crippen LogP contribution is 2.32. The Hall–Kier alpha value is -2.54. The van der Waals surface area contributed by atoms with Gasteiger partial charge in [-0.3, -0.25) is 9.52 Å². The standard InChI is InChI=1S/C18H20N2O4S/c1-4-24-16-8-5-12(2)9-17(16)25(22,23)19-14-6-7-15-13(10-14)11-18(21)20(15)3/h5-10,19H,4,11H2,1-3H3. The molecule has 25 heavy (non-hydrogen) atoms. The van der Waals surface area contributed by atoms with Gasteiger partial charge in [-0.25, -0.2) is 8.42 Å². The van der Waals surface area contributed by atoms with Crippen LogP contribution in [-0.2, 0) is 21.2 Å². The van der Waals surface area contributed by atoms with Crippen molar-refractivity contribution in [1.82, 2.24) is 0 Å². The van der Waals surface area contributed by atoms with Crippen molar-refractivity contribution in [2.75, 3.05) is 23.3 Å². The molecule has 0 fully saturated rings. The molecule has 2 aromatic carbocycles. The van der Waals surface area contributed by atoms with Crippen molar-refractivity contribution < 1.29 is 17.9 Å². The maximum absolute atomic E-state index is 12.8. The van der Waals surface area contributed by atoms with Gasteiger partial charge in [-0.05, 0) is 55.3 Å². The lowest BCUT2D eigenvalue weighted by molar-refractivity contribution is -0.117. The Morgan fingerprint density at radius 2 is 1.96 bits per heavy atom. The summed E-state index contributed by atoms with van der Waals surface area (Å²) in [6.07, 6.45) is 0.274. The maximum atomic E-state index is 12.8. The predicted octanol–water partition coefficient (Wildman–Crippen LogP) is 2.71. The van der Waals surface area contributed by atoms with E-state index in [4.69, 9.17) is 4.74 Å². The Bertz CT molecular complexity index is 938. The zero-order valence-electron chi connectivity index (χ0n) is 14.4. The minimum absolute atomic E-state index is 0.00711. The lowest BCUT2D eigenvalue weighted by atomic mass is 10.1. The van der Waals surface area contributed by atoms with E-state index in [1.807, 2.05) is 6.92 Å². The first-order valence-electron chi connectivity index (χ1n) is 7.97. The fraction of sp³-hybridized carbons (Fsp3) is 0.278. The normalized spacial score (nSPS) is 13.7. The van der Waals surface area contributed by atoms with Crippen LogP contribution in [0.4, 0.5) is 11.4 Å². The molecule has 6 nitrogen and oxygen atoms in total. The van der Waals surface area contributed by atoms with Crippen LogP contribution in [0.15, 0.2) is 41.3 Å². The van der Waals surface area contributed by atoms with Gasteiger partial charge in [0.05, 0.1) is 13.0 Å².